The molecule has 150 valence electrons. The molecule has 4 rings (SSSR count). The van der Waals surface area contributed by atoms with E-state index in [1.54, 1.807) is 0 Å². The van der Waals surface area contributed by atoms with Crippen molar-refractivity contribution in [1.29, 1.82) is 0 Å². The fourth-order valence-electron chi connectivity index (χ4n) is 4.60. The van der Waals surface area contributed by atoms with Gasteiger partial charge in [-0.2, -0.15) is 0 Å². The predicted molar refractivity (Wildman–Crippen MR) is 118 cm³/mol. The van der Waals surface area contributed by atoms with Gasteiger partial charge >= 0.3 is 0 Å². The van der Waals surface area contributed by atoms with E-state index >= 15 is 0 Å². The van der Waals surface area contributed by atoms with Gasteiger partial charge in [0, 0.05) is 33.8 Å². The number of amides is 1. The van der Waals surface area contributed by atoms with Crippen LogP contribution >= 0.6 is 0 Å². The fourth-order valence-corrected chi connectivity index (χ4v) is 4.60. The van der Waals surface area contributed by atoms with Crippen molar-refractivity contribution in [2.75, 3.05) is 5.32 Å². The SMILES string of the molecule is Cc1cccc(C)c1C(=O)c1c(C)[nH]c2ccc(NC(=O)C3CCCCC3)cc12. The Hall–Kier alpha value is -2.88. The minimum atomic E-state index is 0.0279. The zero-order valence-corrected chi connectivity index (χ0v) is 17.4. The van der Waals surface area contributed by atoms with Crippen molar-refractivity contribution in [3.05, 3.63) is 64.3 Å². The van der Waals surface area contributed by atoms with Gasteiger partial charge < -0.3 is 10.3 Å². The number of ketones is 1. The van der Waals surface area contributed by atoms with Gasteiger partial charge in [0.05, 0.1) is 5.56 Å². The summed E-state index contributed by atoms with van der Waals surface area (Å²) in [5.41, 5.74) is 5.91. The van der Waals surface area contributed by atoms with Crippen molar-refractivity contribution < 1.29 is 9.59 Å². The first kappa shape index (κ1) is 19.4. The Morgan fingerprint density at radius 2 is 1.62 bits per heavy atom. The molecule has 1 aliphatic rings. The number of aromatic amines is 1. The fraction of sp³-hybridized carbons (Fsp3) is 0.360. The first-order valence-electron chi connectivity index (χ1n) is 10.5. The number of rotatable bonds is 4. The summed E-state index contributed by atoms with van der Waals surface area (Å²) in [6.07, 6.45) is 5.41. The largest absolute Gasteiger partial charge is 0.358 e. The summed E-state index contributed by atoms with van der Waals surface area (Å²) in [6.45, 7) is 5.88. The highest BCUT2D eigenvalue weighted by Gasteiger charge is 2.23. The van der Waals surface area contributed by atoms with Gasteiger partial charge in [0.1, 0.15) is 0 Å². The van der Waals surface area contributed by atoms with Crippen LogP contribution in [0.3, 0.4) is 0 Å². The number of nitrogens with one attached hydrogen (secondary N) is 2. The van der Waals surface area contributed by atoms with Crippen molar-refractivity contribution in [2.45, 2.75) is 52.9 Å². The summed E-state index contributed by atoms with van der Waals surface area (Å²) in [5.74, 6) is 0.224. The summed E-state index contributed by atoms with van der Waals surface area (Å²) in [5, 5.41) is 3.94. The van der Waals surface area contributed by atoms with Crippen LogP contribution in [0.1, 0.15) is 64.8 Å². The number of benzene rings is 2. The molecule has 2 aromatic carbocycles. The van der Waals surface area contributed by atoms with E-state index in [1.165, 1.54) is 6.42 Å². The third kappa shape index (κ3) is 3.71. The van der Waals surface area contributed by atoms with Crippen molar-refractivity contribution >= 4 is 28.3 Å². The van der Waals surface area contributed by atoms with Crippen molar-refractivity contribution in [2.24, 2.45) is 5.92 Å². The van der Waals surface area contributed by atoms with E-state index in [1.807, 2.05) is 57.2 Å². The molecule has 0 spiro atoms. The number of hydrogen-bond donors (Lipinski definition) is 2. The monoisotopic (exact) mass is 388 g/mol. The number of hydrogen-bond acceptors (Lipinski definition) is 2. The molecule has 2 N–H and O–H groups in total. The Morgan fingerprint density at radius 1 is 0.931 bits per heavy atom. The number of fused-ring (bicyclic) bond motifs is 1. The average molecular weight is 389 g/mol. The standard InChI is InChI=1S/C25H28N2O2/c1-15-8-7-9-16(2)22(15)24(28)23-17(3)26-21-13-12-19(14-20(21)23)27-25(29)18-10-5-4-6-11-18/h7-9,12-14,18,26H,4-6,10-11H2,1-3H3,(H,27,29). The van der Waals surface area contributed by atoms with Crippen LogP contribution in [0.5, 0.6) is 0 Å². The Labute approximate surface area is 171 Å². The van der Waals surface area contributed by atoms with Gasteiger partial charge in [-0.25, -0.2) is 0 Å². The van der Waals surface area contributed by atoms with Crippen LogP contribution in [0.15, 0.2) is 36.4 Å². The predicted octanol–water partition coefficient (Wildman–Crippen LogP) is 5.84. The number of carbonyl (C=O) groups is 2. The van der Waals surface area contributed by atoms with Crippen LogP contribution < -0.4 is 5.32 Å². The molecule has 1 saturated carbocycles. The first-order chi connectivity index (χ1) is 14.0. The molecule has 29 heavy (non-hydrogen) atoms. The van der Waals surface area contributed by atoms with Crippen LogP contribution in [-0.4, -0.2) is 16.7 Å². The van der Waals surface area contributed by atoms with Gasteiger partial charge in [0.25, 0.3) is 0 Å². The Kier molecular flexibility index (Phi) is 5.27. The van der Waals surface area contributed by atoms with E-state index in [0.717, 1.165) is 64.7 Å². The van der Waals surface area contributed by atoms with Crippen LogP contribution in [0.2, 0.25) is 0 Å². The summed E-state index contributed by atoms with van der Waals surface area (Å²) in [6, 6.07) is 11.7. The molecule has 0 atom stereocenters. The van der Waals surface area contributed by atoms with Gasteiger partial charge in [-0.15, -0.1) is 0 Å². The highest BCUT2D eigenvalue weighted by Crippen LogP contribution is 2.30. The molecule has 4 heteroatoms. The van der Waals surface area contributed by atoms with Crippen molar-refractivity contribution in [3.63, 3.8) is 0 Å². The maximum absolute atomic E-state index is 13.5. The minimum absolute atomic E-state index is 0.0279. The van der Waals surface area contributed by atoms with E-state index in [-0.39, 0.29) is 17.6 Å². The van der Waals surface area contributed by atoms with Crippen LogP contribution in [-0.2, 0) is 4.79 Å². The number of H-pyrrole nitrogens is 1. The van der Waals surface area contributed by atoms with Crippen LogP contribution in [0.25, 0.3) is 10.9 Å². The Balaban J connectivity index is 1.70. The second-order valence-corrected chi connectivity index (χ2v) is 8.31. The normalized spacial score (nSPS) is 14.9. The third-order valence-corrected chi connectivity index (χ3v) is 6.16. The Morgan fingerprint density at radius 3 is 2.31 bits per heavy atom. The lowest BCUT2D eigenvalue weighted by molar-refractivity contribution is -0.120. The highest BCUT2D eigenvalue weighted by molar-refractivity contribution is 6.19. The van der Waals surface area contributed by atoms with Gasteiger partial charge in [0.2, 0.25) is 5.91 Å². The first-order valence-corrected chi connectivity index (χ1v) is 10.5. The van der Waals surface area contributed by atoms with Gasteiger partial charge in [-0.05, 0) is 62.9 Å². The molecule has 1 aromatic heterocycles. The average Bonchev–Trinajstić information content (AvgIpc) is 3.03. The maximum Gasteiger partial charge on any atom is 0.227 e. The Bertz CT molecular complexity index is 1070. The number of anilines is 1. The molecular formula is C25H28N2O2. The molecule has 1 heterocycles. The molecular weight excluding hydrogens is 360 g/mol. The highest BCUT2D eigenvalue weighted by atomic mass is 16.2. The summed E-state index contributed by atoms with van der Waals surface area (Å²) >= 11 is 0. The lowest BCUT2D eigenvalue weighted by Gasteiger charge is -2.20. The van der Waals surface area contributed by atoms with E-state index in [4.69, 9.17) is 0 Å². The van der Waals surface area contributed by atoms with Crippen LogP contribution in [0, 0.1) is 26.7 Å². The van der Waals surface area contributed by atoms with Crippen molar-refractivity contribution in [1.82, 2.24) is 4.98 Å². The molecule has 0 aliphatic heterocycles. The van der Waals surface area contributed by atoms with E-state index in [2.05, 4.69) is 10.3 Å². The molecule has 1 amide bonds. The molecule has 1 aliphatic carbocycles. The number of aromatic nitrogens is 1. The lowest BCUT2D eigenvalue weighted by atomic mass is 9.88. The molecule has 0 unspecified atom stereocenters. The summed E-state index contributed by atoms with van der Waals surface area (Å²) in [4.78, 5) is 29.4. The zero-order chi connectivity index (χ0) is 20.5. The molecule has 0 radical (unpaired) electrons. The topological polar surface area (TPSA) is 62.0 Å². The maximum atomic E-state index is 13.5. The number of carbonyl (C=O) groups excluding carboxylic acids is 2. The van der Waals surface area contributed by atoms with Crippen LogP contribution in [0.4, 0.5) is 5.69 Å². The molecule has 3 aromatic rings. The van der Waals surface area contributed by atoms with E-state index < -0.39 is 0 Å². The smallest absolute Gasteiger partial charge is 0.227 e. The van der Waals surface area contributed by atoms with E-state index in [0.29, 0.717) is 5.56 Å². The second-order valence-electron chi connectivity index (χ2n) is 8.31. The zero-order valence-electron chi connectivity index (χ0n) is 17.4. The molecule has 0 saturated heterocycles. The third-order valence-electron chi connectivity index (χ3n) is 6.16. The van der Waals surface area contributed by atoms with Gasteiger partial charge in [-0.1, -0.05) is 37.5 Å². The van der Waals surface area contributed by atoms with Crippen molar-refractivity contribution in [3.8, 4) is 0 Å². The quantitative estimate of drug-likeness (QED) is 0.551. The second kappa shape index (κ2) is 7.86. The summed E-state index contributed by atoms with van der Waals surface area (Å²) in [7, 11) is 0. The number of aryl methyl sites for hydroxylation is 3. The van der Waals surface area contributed by atoms with Gasteiger partial charge in [0.15, 0.2) is 5.78 Å². The summed E-state index contributed by atoms with van der Waals surface area (Å²) < 4.78 is 0. The molecule has 0 bridgehead atoms. The molecule has 1 fully saturated rings. The minimum Gasteiger partial charge on any atom is -0.358 e. The van der Waals surface area contributed by atoms with E-state index in [9.17, 15) is 9.59 Å². The lowest BCUT2D eigenvalue weighted by Crippen LogP contribution is -2.24. The molecule has 4 nitrogen and oxygen atoms in total. The van der Waals surface area contributed by atoms with Gasteiger partial charge in [-0.3, -0.25) is 9.59 Å².